The highest BCUT2D eigenvalue weighted by molar-refractivity contribution is 5.85. The molecule has 1 fully saturated rings. The number of hydrogen-bond donors (Lipinski definition) is 4. The summed E-state index contributed by atoms with van der Waals surface area (Å²) in [6.45, 7) is 9.08. The highest BCUT2D eigenvalue weighted by atomic mass is 16.5. The van der Waals surface area contributed by atoms with Gasteiger partial charge >= 0.3 is 5.97 Å². The van der Waals surface area contributed by atoms with Crippen molar-refractivity contribution in [2.75, 3.05) is 20.8 Å². The number of nitrogens with zero attached hydrogens (tertiary/aromatic N) is 1. The van der Waals surface area contributed by atoms with Gasteiger partial charge in [0, 0.05) is 23.8 Å². The normalized spacial score (nSPS) is 16.6. The number of phenols is 1. The van der Waals surface area contributed by atoms with Crippen molar-refractivity contribution in [2.45, 2.75) is 71.5 Å². The number of allylic oxidation sites excluding steroid dienone is 1. The van der Waals surface area contributed by atoms with Gasteiger partial charge in [-0.25, -0.2) is 0 Å². The number of likely N-dealkylation sites (tertiary alicyclic amines) is 1. The maximum atomic E-state index is 13.2. The van der Waals surface area contributed by atoms with Gasteiger partial charge in [-0.3, -0.25) is 14.4 Å². The summed E-state index contributed by atoms with van der Waals surface area (Å²) in [5.41, 5.74) is 1.64. The predicted molar refractivity (Wildman–Crippen MR) is 143 cm³/mol. The molecular formula is C27H41N3O8. The van der Waals surface area contributed by atoms with E-state index in [9.17, 15) is 24.3 Å². The Kier molecular flexibility index (Phi) is 13.7. The van der Waals surface area contributed by atoms with E-state index in [-0.39, 0.29) is 36.1 Å². The van der Waals surface area contributed by atoms with Crippen LogP contribution in [-0.2, 0) is 19.2 Å². The molecule has 2 amide bonds. The number of carboxylic acid groups (broad SMARTS) is 1. The first-order valence-corrected chi connectivity index (χ1v) is 12.6. The van der Waals surface area contributed by atoms with E-state index >= 15 is 0 Å². The number of aromatic hydroxyl groups is 1. The average molecular weight is 536 g/mol. The molecule has 1 heterocycles. The van der Waals surface area contributed by atoms with Crippen LogP contribution in [0, 0.1) is 5.92 Å². The fraction of sp³-hybridized carbons (Fsp3) is 0.556. The quantitative estimate of drug-likeness (QED) is 0.279. The van der Waals surface area contributed by atoms with Crippen LogP contribution in [0.1, 0.15) is 58.9 Å². The molecule has 1 saturated heterocycles. The molecule has 0 saturated carbocycles. The third kappa shape index (κ3) is 9.28. The minimum atomic E-state index is -1.12. The number of nitrogens with one attached hydrogen (secondary N) is 2. The molecule has 0 radical (unpaired) electrons. The third-order valence-corrected chi connectivity index (χ3v) is 6.12. The third-order valence-electron chi connectivity index (χ3n) is 6.12. The Morgan fingerprint density at radius 1 is 1.18 bits per heavy atom. The van der Waals surface area contributed by atoms with E-state index in [1.165, 1.54) is 14.2 Å². The number of rotatable bonds is 13. The van der Waals surface area contributed by atoms with Gasteiger partial charge in [0.15, 0.2) is 11.5 Å². The van der Waals surface area contributed by atoms with Crippen LogP contribution in [0.2, 0.25) is 0 Å². The Morgan fingerprint density at radius 3 is 2.18 bits per heavy atom. The van der Waals surface area contributed by atoms with Crippen LogP contribution in [0.5, 0.6) is 17.2 Å². The van der Waals surface area contributed by atoms with Crippen LogP contribution >= 0.6 is 0 Å². The molecule has 4 N–H and O–H groups in total. The summed E-state index contributed by atoms with van der Waals surface area (Å²) >= 11 is 0. The van der Waals surface area contributed by atoms with Gasteiger partial charge in [-0.15, -0.1) is 0 Å². The van der Waals surface area contributed by atoms with Gasteiger partial charge in [-0.1, -0.05) is 26.8 Å². The topological polar surface area (TPSA) is 154 Å². The van der Waals surface area contributed by atoms with Crippen molar-refractivity contribution in [1.82, 2.24) is 15.5 Å². The first kappa shape index (κ1) is 32.3. The molecule has 1 aliphatic rings. The van der Waals surface area contributed by atoms with E-state index in [4.69, 9.17) is 14.6 Å². The molecule has 0 bridgehead atoms. The fourth-order valence-corrected chi connectivity index (χ4v) is 4.06. The summed E-state index contributed by atoms with van der Waals surface area (Å²) in [7, 11) is 3.01. The molecule has 0 aliphatic carbocycles. The van der Waals surface area contributed by atoms with Crippen molar-refractivity contribution in [3.8, 4) is 17.2 Å². The molecule has 1 aromatic rings. The van der Waals surface area contributed by atoms with E-state index < -0.39 is 12.0 Å². The molecule has 1 unspecified atom stereocenters. The van der Waals surface area contributed by atoms with Gasteiger partial charge < -0.3 is 40.0 Å². The number of carboxylic acids is 1. The maximum absolute atomic E-state index is 13.2. The van der Waals surface area contributed by atoms with Crippen LogP contribution in [0.4, 0.5) is 0 Å². The van der Waals surface area contributed by atoms with E-state index in [1.807, 2.05) is 23.2 Å². The zero-order valence-electron chi connectivity index (χ0n) is 23.0. The lowest BCUT2D eigenvalue weighted by molar-refractivity contribution is -0.138. The second-order valence-electron chi connectivity index (χ2n) is 9.27. The minimum absolute atomic E-state index is 0.0352. The first-order chi connectivity index (χ1) is 18.0. The van der Waals surface area contributed by atoms with E-state index in [0.29, 0.717) is 24.2 Å². The van der Waals surface area contributed by atoms with Crippen molar-refractivity contribution in [3.05, 3.63) is 23.8 Å². The molecule has 0 aromatic heterocycles. The van der Waals surface area contributed by atoms with E-state index in [0.717, 1.165) is 37.1 Å². The Bertz CT molecular complexity index is 954. The van der Waals surface area contributed by atoms with Crippen LogP contribution in [0.3, 0.4) is 0 Å². The van der Waals surface area contributed by atoms with Gasteiger partial charge in [-0.2, -0.15) is 0 Å². The number of ether oxygens (including phenoxy) is 2. The minimum Gasteiger partial charge on any atom is -0.502 e. The summed E-state index contributed by atoms with van der Waals surface area (Å²) < 4.78 is 10.6. The van der Waals surface area contributed by atoms with Crippen molar-refractivity contribution < 1.29 is 38.9 Å². The maximum Gasteiger partial charge on any atom is 0.305 e. The average Bonchev–Trinajstić information content (AvgIpc) is 3.31. The molecule has 3 atom stereocenters. The molecule has 1 aliphatic heterocycles. The van der Waals surface area contributed by atoms with Gasteiger partial charge in [0.1, 0.15) is 12.3 Å². The lowest BCUT2D eigenvalue weighted by atomic mass is 10.00. The number of amides is 2. The molecule has 2 rings (SSSR count). The van der Waals surface area contributed by atoms with Crippen molar-refractivity contribution >= 4 is 30.3 Å². The molecule has 11 nitrogen and oxygen atoms in total. The largest absolute Gasteiger partial charge is 0.502 e. The van der Waals surface area contributed by atoms with E-state index in [2.05, 4.69) is 26.1 Å². The number of carbonyl (C=O) groups is 4. The van der Waals surface area contributed by atoms with Gasteiger partial charge in [0.05, 0.1) is 26.7 Å². The Labute approximate surface area is 224 Å². The summed E-state index contributed by atoms with van der Waals surface area (Å²) in [4.78, 5) is 44.8. The number of hydrogen-bond acceptors (Lipinski definition) is 8. The molecule has 11 heteroatoms. The zero-order valence-corrected chi connectivity index (χ0v) is 23.0. The number of carbonyl (C=O) groups excluding carboxylic acids is 3. The van der Waals surface area contributed by atoms with Crippen LogP contribution < -0.4 is 20.1 Å². The summed E-state index contributed by atoms with van der Waals surface area (Å²) in [6, 6.07) is 2.56. The van der Waals surface area contributed by atoms with Crippen molar-refractivity contribution in [2.24, 2.45) is 5.92 Å². The number of aliphatic carboxylic acids is 1. The molecule has 38 heavy (non-hydrogen) atoms. The Hall–Kier alpha value is -3.76. The lowest BCUT2D eigenvalue weighted by Crippen LogP contribution is -2.49. The fourth-order valence-electron chi connectivity index (χ4n) is 4.06. The van der Waals surface area contributed by atoms with Crippen LogP contribution in [0.25, 0.3) is 5.70 Å². The highest BCUT2D eigenvalue weighted by Crippen LogP contribution is 2.38. The lowest BCUT2D eigenvalue weighted by Gasteiger charge is -2.31. The molecule has 0 spiro atoms. The second-order valence-corrected chi connectivity index (χ2v) is 9.27. The van der Waals surface area contributed by atoms with Crippen molar-refractivity contribution in [1.29, 1.82) is 0 Å². The van der Waals surface area contributed by atoms with E-state index in [1.54, 1.807) is 12.1 Å². The van der Waals surface area contributed by atoms with Gasteiger partial charge in [0.25, 0.3) is 0 Å². The van der Waals surface area contributed by atoms with Gasteiger partial charge in [0.2, 0.25) is 18.1 Å². The highest BCUT2D eigenvalue weighted by Gasteiger charge is 2.33. The van der Waals surface area contributed by atoms with Gasteiger partial charge in [-0.05, 0) is 44.2 Å². The Balaban J connectivity index is 0.000000612. The van der Waals surface area contributed by atoms with Crippen molar-refractivity contribution in [3.63, 3.8) is 0 Å². The standard InChI is InChI=1S/C22H34N2O4.C5H7NO4/c1-7-9-17(16-12-18(27-5)21(25)19(13-16)28-6)23-20(14(2)3)22(26)24-11-8-10-15(24)4;7-2-4(6-3-8)1-5(9)10/h9,12-15,20,23,25H,7-8,10-11H2,1-6H3;2-4H,1H2,(H,6,8)(H,9,10)/b17-9+;/t15-,20?;4-/m10/s1. The number of aldehydes is 1. The molecular weight excluding hydrogens is 494 g/mol. The van der Waals surface area contributed by atoms with Crippen LogP contribution in [0.15, 0.2) is 18.2 Å². The molecule has 212 valence electrons. The SMILES string of the molecule is CC/C=C(/NC(C(=O)N1CCC[C@H]1C)C(C)C)c1cc(OC)c(O)c(OC)c1.O=CN[C@H](C=O)CC(=O)O. The number of methoxy groups -OCH3 is 2. The zero-order chi connectivity index (χ0) is 28.8. The smallest absolute Gasteiger partial charge is 0.305 e. The second kappa shape index (κ2) is 16.2. The first-order valence-electron chi connectivity index (χ1n) is 12.6. The summed E-state index contributed by atoms with van der Waals surface area (Å²) in [5, 5.41) is 23.8. The number of phenolic OH excluding ortho intramolecular Hbond substituents is 1. The number of benzene rings is 1. The summed E-state index contributed by atoms with van der Waals surface area (Å²) in [6.07, 6.45) is 5.25. The van der Waals surface area contributed by atoms with Crippen LogP contribution in [-0.4, -0.2) is 78.6 Å². The summed E-state index contributed by atoms with van der Waals surface area (Å²) in [5.74, 6) is -0.225. The Morgan fingerprint density at radius 2 is 1.79 bits per heavy atom. The monoisotopic (exact) mass is 535 g/mol. The predicted octanol–water partition coefficient (Wildman–Crippen LogP) is 2.56. The molecule has 1 aromatic carbocycles.